The first kappa shape index (κ1) is 21.1. The van der Waals surface area contributed by atoms with Crippen molar-refractivity contribution in [2.75, 3.05) is 11.5 Å². The highest BCUT2D eigenvalue weighted by Crippen LogP contribution is 2.43. The second kappa shape index (κ2) is 7.97. The van der Waals surface area contributed by atoms with Gasteiger partial charge >= 0.3 is 0 Å². The van der Waals surface area contributed by atoms with Crippen molar-refractivity contribution < 1.29 is 0 Å². The molecule has 0 bridgehead atoms. The van der Waals surface area contributed by atoms with Gasteiger partial charge in [-0.2, -0.15) is 0 Å². The SMILES string of the molecule is Cc1cc(C(c2cc(C)c(N)c(C)c2)c2c3ccccc3cc3ccccc23)cc(C)c1N. The average Bonchev–Trinajstić information content (AvgIpc) is 2.80. The summed E-state index contributed by atoms with van der Waals surface area (Å²) in [6.07, 6.45) is 0. The molecular weight excluding hydrogens is 400 g/mol. The van der Waals surface area contributed by atoms with E-state index in [-0.39, 0.29) is 5.92 Å². The van der Waals surface area contributed by atoms with Gasteiger partial charge in [0.05, 0.1) is 0 Å². The van der Waals surface area contributed by atoms with Gasteiger partial charge in [0.25, 0.3) is 0 Å². The van der Waals surface area contributed by atoms with Crippen LogP contribution < -0.4 is 11.5 Å². The summed E-state index contributed by atoms with van der Waals surface area (Å²) in [6, 6.07) is 28.7. The van der Waals surface area contributed by atoms with Gasteiger partial charge in [-0.3, -0.25) is 0 Å². The number of nitrogens with two attached hydrogens (primary N) is 2. The van der Waals surface area contributed by atoms with E-state index in [2.05, 4.69) is 107 Å². The molecule has 5 aromatic carbocycles. The first-order valence-corrected chi connectivity index (χ1v) is 11.5. The van der Waals surface area contributed by atoms with Crippen molar-refractivity contribution in [3.05, 3.63) is 118 Å². The van der Waals surface area contributed by atoms with Gasteiger partial charge in [-0.15, -0.1) is 0 Å². The number of benzene rings is 5. The van der Waals surface area contributed by atoms with E-state index in [9.17, 15) is 0 Å². The number of nitrogen functional groups attached to an aromatic ring is 2. The van der Waals surface area contributed by atoms with Crippen LogP contribution in [0.2, 0.25) is 0 Å². The summed E-state index contributed by atoms with van der Waals surface area (Å²) in [6.45, 7) is 8.40. The number of anilines is 2. The van der Waals surface area contributed by atoms with Crippen LogP contribution in [0, 0.1) is 27.7 Å². The molecule has 0 saturated heterocycles. The van der Waals surface area contributed by atoms with Crippen LogP contribution in [0.4, 0.5) is 11.4 Å². The fourth-order valence-electron chi connectivity index (χ4n) is 5.24. The summed E-state index contributed by atoms with van der Waals surface area (Å²) in [4.78, 5) is 0. The highest BCUT2D eigenvalue weighted by atomic mass is 14.6. The van der Waals surface area contributed by atoms with Crippen LogP contribution >= 0.6 is 0 Å². The Kier molecular flexibility index (Phi) is 5.09. The van der Waals surface area contributed by atoms with Crippen LogP contribution in [0.5, 0.6) is 0 Å². The van der Waals surface area contributed by atoms with Crippen LogP contribution in [-0.2, 0) is 0 Å². The van der Waals surface area contributed by atoms with Gasteiger partial charge in [0.1, 0.15) is 0 Å². The van der Waals surface area contributed by atoms with Gasteiger partial charge in [0.2, 0.25) is 0 Å². The van der Waals surface area contributed by atoms with Crippen molar-refractivity contribution in [1.29, 1.82) is 0 Å². The smallest absolute Gasteiger partial charge is 0.0373 e. The van der Waals surface area contributed by atoms with Gasteiger partial charge in [-0.1, -0.05) is 72.8 Å². The largest absolute Gasteiger partial charge is 0.398 e. The van der Waals surface area contributed by atoms with Gasteiger partial charge in [-0.25, -0.2) is 0 Å². The molecule has 5 aromatic rings. The maximum atomic E-state index is 6.36. The van der Waals surface area contributed by atoms with Crippen molar-refractivity contribution in [1.82, 2.24) is 0 Å². The minimum absolute atomic E-state index is 0.0528. The monoisotopic (exact) mass is 430 g/mol. The van der Waals surface area contributed by atoms with E-state index in [1.165, 1.54) is 38.2 Å². The molecule has 5 rings (SSSR count). The van der Waals surface area contributed by atoms with Gasteiger partial charge in [0, 0.05) is 17.3 Å². The number of hydrogen-bond donors (Lipinski definition) is 2. The Hall–Kier alpha value is -3.78. The zero-order valence-corrected chi connectivity index (χ0v) is 19.7. The average molecular weight is 431 g/mol. The molecule has 0 aliphatic heterocycles. The topological polar surface area (TPSA) is 52.0 Å². The molecule has 0 unspecified atom stereocenters. The predicted octanol–water partition coefficient (Wildman–Crippen LogP) is 7.57. The lowest BCUT2D eigenvalue weighted by Gasteiger charge is -2.25. The molecule has 0 fully saturated rings. The van der Waals surface area contributed by atoms with Crippen molar-refractivity contribution in [3.8, 4) is 0 Å². The summed E-state index contributed by atoms with van der Waals surface area (Å²) in [5.41, 5.74) is 22.7. The fourth-order valence-corrected chi connectivity index (χ4v) is 5.24. The van der Waals surface area contributed by atoms with Crippen molar-refractivity contribution in [2.45, 2.75) is 33.6 Å². The third-order valence-electron chi connectivity index (χ3n) is 7.00. The molecule has 0 atom stereocenters. The maximum absolute atomic E-state index is 6.36. The molecule has 0 aromatic heterocycles. The van der Waals surface area contributed by atoms with E-state index in [0.717, 1.165) is 33.6 Å². The summed E-state index contributed by atoms with van der Waals surface area (Å²) in [5.74, 6) is 0.0528. The lowest BCUT2D eigenvalue weighted by atomic mass is 9.78. The second-order valence-electron chi connectivity index (χ2n) is 9.30. The molecule has 0 spiro atoms. The first-order valence-electron chi connectivity index (χ1n) is 11.5. The van der Waals surface area contributed by atoms with Crippen LogP contribution in [0.1, 0.15) is 44.9 Å². The fraction of sp³-hybridized carbons (Fsp3) is 0.161. The van der Waals surface area contributed by atoms with E-state index >= 15 is 0 Å². The lowest BCUT2D eigenvalue weighted by molar-refractivity contribution is 0.986. The standard InChI is InChI=1S/C31H30N2/c1-18-13-24(14-19(2)30(18)32)28(25-15-20(3)31(33)21(4)16-25)29-26-11-7-5-9-22(26)17-23-10-6-8-12-27(23)29/h5-17,28H,32-33H2,1-4H3. The molecule has 4 N–H and O–H groups in total. The number of aryl methyl sites for hydroxylation is 4. The lowest BCUT2D eigenvalue weighted by Crippen LogP contribution is -2.09. The normalized spacial score (nSPS) is 11.5. The Balaban J connectivity index is 1.95. The van der Waals surface area contributed by atoms with Crippen LogP contribution in [-0.4, -0.2) is 0 Å². The minimum atomic E-state index is 0.0528. The molecule has 0 aliphatic rings. The Labute approximate surface area is 195 Å². The Bertz CT molecular complexity index is 1370. The second-order valence-corrected chi connectivity index (χ2v) is 9.30. The van der Waals surface area contributed by atoms with E-state index in [1.54, 1.807) is 0 Å². The third-order valence-corrected chi connectivity index (χ3v) is 7.00. The van der Waals surface area contributed by atoms with Crippen LogP contribution in [0.15, 0.2) is 78.9 Å². The highest BCUT2D eigenvalue weighted by Gasteiger charge is 2.24. The molecule has 33 heavy (non-hydrogen) atoms. The molecule has 2 heteroatoms. The minimum Gasteiger partial charge on any atom is -0.398 e. The van der Waals surface area contributed by atoms with E-state index in [0.29, 0.717) is 0 Å². The van der Waals surface area contributed by atoms with E-state index in [1.807, 2.05) is 0 Å². The first-order chi connectivity index (χ1) is 15.8. The molecule has 0 aliphatic carbocycles. The number of hydrogen-bond acceptors (Lipinski definition) is 2. The summed E-state index contributed by atoms with van der Waals surface area (Å²) in [7, 11) is 0. The summed E-state index contributed by atoms with van der Waals surface area (Å²) in [5, 5.41) is 5.06. The summed E-state index contributed by atoms with van der Waals surface area (Å²) < 4.78 is 0. The third kappa shape index (κ3) is 3.52. The van der Waals surface area contributed by atoms with Gasteiger partial charge in [0.15, 0.2) is 0 Å². The van der Waals surface area contributed by atoms with E-state index < -0.39 is 0 Å². The molecule has 164 valence electrons. The Morgan fingerprint density at radius 1 is 0.515 bits per heavy atom. The molecule has 0 saturated carbocycles. The van der Waals surface area contributed by atoms with Crippen LogP contribution in [0.25, 0.3) is 21.5 Å². The van der Waals surface area contributed by atoms with Crippen molar-refractivity contribution in [2.24, 2.45) is 0 Å². The predicted molar refractivity (Wildman–Crippen MR) is 143 cm³/mol. The highest BCUT2D eigenvalue weighted by molar-refractivity contribution is 6.03. The van der Waals surface area contributed by atoms with Crippen molar-refractivity contribution >= 4 is 32.9 Å². The molecular formula is C31H30N2. The Morgan fingerprint density at radius 2 is 0.879 bits per heavy atom. The number of fused-ring (bicyclic) bond motifs is 2. The van der Waals surface area contributed by atoms with Gasteiger partial charge in [-0.05, 0) is 94.3 Å². The van der Waals surface area contributed by atoms with Crippen molar-refractivity contribution in [3.63, 3.8) is 0 Å². The van der Waals surface area contributed by atoms with E-state index in [4.69, 9.17) is 11.5 Å². The zero-order chi connectivity index (χ0) is 23.3. The zero-order valence-electron chi connectivity index (χ0n) is 19.7. The number of rotatable bonds is 3. The Morgan fingerprint density at radius 3 is 1.27 bits per heavy atom. The quantitative estimate of drug-likeness (QED) is 0.176. The summed E-state index contributed by atoms with van der Waals surface area (Å²) >= 11 is 0. The molecule has 0 radical (unpaired) electrons. The maximum Gasteiger partial charge on any atom is 0.0373 e. The molecule has 2 nitrogen and oxygen atoms in total. The van der Waals surface area contributed by atoms with Gasteiger partial charge < -0.3 is 11.5 Å². The molecule has 0 amide bonds. The van der Waals surface area contributed by atoms with Crippen LogP contribution in [0.3, 0.4) is 0 Å². The molecule has 0 heterocycles.